The topological polar surface area (TPSA) is 71.9 Å². The highest BCUT2D eigenvalue weighted by Crippen LogP contribution is 2.12. The molecule has 0 aliphatic carbocycles. The van der Waals surface area contributed by atoms with Crippen molar-refractivity contribution < 1.29 is 4.79 Å². The monoisotopic (exact) mass is 286 g/mol. The number of nitrogens with zero attached hydrogens (tertiary/aromatic N) is 1. The van der Waals surface area contributed by atoms with E-state index >= 15 is 0 Å². The number of nitrogens with one attached hydrogen (secondary N) is 1. The Bertz CT molecular complexity index is 887. The molecule has 0 spiro atoms. The van der Waals surface area contributed by atoms with E-state index in [4.69, 9.17) is 0 Å². The summed E-state index contributed by atoms with van der Waals surface area (Å²) in [4.78, 5) is 38.0. The minimum atomic E-state index is -0.426. The summed E-state index contributed by atoms with van der Waals surface area (Å²) >= 11 is 1.33. The molecule has 100 valence electrons. The number of hydrogen-bond donors (Lipinski definition) is 1. The third-order valence-electron chi connectivity index (χ3n) is 3.06. The largest absolute Gasteiger partial charge is 0.329 e. The predicted octanol–water partition coefficient (Wildman–Crippen LogP) is 1.61. The van der Waals surface area contributed by atoms with Crippen LogP contribution in [0.1, 0.15) is 15.9 Å². The normalized spacial score (nSPS) is 10.8. The highest BCUT2D eigenvalue weighted by molar-refractivity contribution is 7.16. The molecule has 3 rings (SSSR count). The van der Waals surface area contributed by atoms with E-state index in [1.54, 1.807) is 35.7 Å². The fourth-order valence-electron chi connectivity index (χ4n) is 2.00. The maximum absolute atomic E-state index is 12.2. The Hall–Kier alpha value is -2.47. The van der Waals surface area contributed by atoms with E-state index in [1.807, 2.05) is 0 Å². The van der Waals surface area contributed by atoms with Crippen molar-refractivity contribution in [3.63, 3.8) is 0 Å². The van der Waals surface area contributed by atoms with Crippen LogP contribution in [0.3, 0.4) is 0 Å². The standard InChI is InChI=1S/C14H10N2O3S/c17-8-10-3-1-9(2-4-10)7-16-13(18)11-5-6-20-12(11)15-14(16)19/h1-6,8H,7H2,(H,15,19). The van der Waals surface area contributed by atoms with Crippen LogP contribution in [0.2, 0.25) is 0 Å². The molecule has 5 nitrogen and oxygen atoms in total. The lowest BCUT2D eigenvalue weighted by atomic mass is 10.1. The van der Waals surface area contributed by atoms with Gasteiger partial charge in [-0.1, -0.05) is 24.3 Å². The van der Waals surface area contributed by atoms with Gasteiger partial charge in [0.2, 0.25) is 0 Å². The lowest BCUT2D eigenvalue weighted by molar-refractivity contribution is 0.112. The second-order valence-corrected chi connectivity index (χ2v) is 5.26. The van der Waals surface area contributed by atoms with Crippen molar-refractivity contribution in [3.8, 4) is 0 Å². The maximum Gasteiger partial charge on any atom is 0.329 e. The summed E-state index contributed by atoms with van der Waals surface area (Å²) in [5.41, 5.74) is 0.620. The van der Waals surface area contributed by atoms with Crippen LogP contribution in [0.15, 0.2) is 45.3 Å². The molecule has 1 N–H and O–H groups in total. The number of rotatable bonds is 3. The summed E-state index contributed by atoms with van der Waals surface area (Å²) in [5, 5.41) is 2.28. The molecular formula is C14H10N2O3S. The summed E-state index contributed by atoms with van der Waals surface area (Å²) < 4.78 is 1.16. The summed E-state index contributed by atoms with van der Waals surface area (Å²) in [6.07, 6.45) is 0.750. The van der Waals surface area contributed by atoms with E-state index in [0.29, 0.717) is 15.8 Å². The van der Waals surface area contributed by atoms with Gasteiger partial charge in [-0.05, 0) is 17.0 Å². The van der Waals surface area contributed by atoms with Crippen LogP contribution >= 0.6 is 11.3 Å². The number of benzene rings is 1. The van der Waals surface area contributed by atoms with Crippen molar-refractivity contribution in [1.29, 1.82) is 0 Å². The second kappa shape index (κ2) is 4.90. The highest BCUT2D eigenvalue weighted by atomic mass is 32.1. The van der Waals surface area contributed by atoms with E-state index in [2.05, 4.69) is 4.98 Å². The van der Waals surface area contributed by atoms with Gasteiger partial charge in [0.25, 0.3) is 5.56 Å². The van der Waals surface area contributed by atoms with Crippen molar-refractivity contribution in [2.24, 2.45) is 0 Å². The van der Waals surface area contributed by atoms with Crippen LogP contribution in [0.4, 0.5) is 0 Å². The quantitative estimate of drug-likeness (QED) is 0.743. The highest BCUT2D eigenvalue weighted by Gasteiger charge is 2.08. The Morgan fingerprint density at radius 2 is 1.90 bits per heavy atom. The number of hydrogen-bond acceptors (Lipinski definition) is 4. The lowest BCUT2D eigenvalue weighted by Gasteiger charge is -2.05. The van der Waals surface area contributed by atoms with E-state index in [0.717, 1.165) is 16.4 Å². The van der Waals surface area contributed by atoms with Crippen LogP contribution in [-0.2, 0) is 6.54 Å². The fraction of sp³-hybridized carbons (Fsp3) is 0.0714. The molecule has 0 unspecified atom stereocenters. The van der Waals surface area contributed by atoms with E-state index in [1.165, 1.54) is 11.3 Å². The van der Waals surface area contributed by atoms with Gasteiger partial charge in [-0.25, -0.2) is 4.79 Å². The molecule has 0 radical (unpaired) electrons. The summed E-state index contributed by atoms with van der Waals surface area (Å²) in [6.45, 7) is 0.180. The zero-order valence-corrected chi connectivity index (χ0v) is 11.1. The number of H-pyrrole nitrogens is 1. The molecule has 1 aromatic carbocycles. The number of aromatic nitrogens is 2. The molecule has 0 atom stereocenters. The molecule has 0 aliphatic rings. The number of carbonyl (C=O) groups is 1. The van der Waals surface area contributed by atoms with Gasteiger partial charge in [-0.3, -0.25) is 19.1 Å². The van der Waals surface area contributed by atoms with Gasteiger partial charge >= 0.3 is 5.69 Å². The summed E-state index contributed by atoms with van der Waals surface area (Å²) in [5.74, 6) is 0. The van der Waals surface area contributed by atoms with Crippen LogP contribution in [0, 0.1) is 0 Å². The number of thiophene rings is 1. The Morgan fingerprint density at radius 3 is 2.60 bits per heavy atom. The van der Waals surface area contributed by atoms with E-state index in [9.17, 15) is 14.4 Å². The summed E-state index contributed by atoms with van der Waals surface area (Å²) in [6, 6.07) is 8.47. The lowest BCUT2D eigenvalue weighted by Crippen LogP contribution is -2.34. The Balaban J connectivity index is 2.07. The van der Waals surface area contributed by atoms with E-state index in [-0.39, 0.29) is 12.1 Å². The van der Waals surface area contributed by atoms with Crippen molar-refractivity contribution in [2.75, 3.05) is 0 Å². The van der Waals surface area contributed by atoms with Crippen LogP contribution in [0.5, 0.6) is 0 Å². The van der Waals surface area contributed by atoms with Crippen LogP contribution in [-0.4, -0.2) is 15.8 Å². The predicted molar refractivity (Wildman–Crippen MR) is 77.6 cm³/mol. The molecule has 6 heteroatoms. The third kappa shape index (κ3) is 2.10. The average Bonchev–Trinajstić information content (AvgIpc) is 2.92. The average molecular weight is 286 g/mol. The van der Waals surface area contributed by atoms with Gasteiger partial charge < -0.3 is 0 Å². The first-order valence-electron chi connectivity index (χ1n) is 5.93. The minimum Gasteiger partial charge on any atom is -0.298 e. The molecule has 2 aromatic heterocycles. The number of aldehydes is 1. The maximum atomic E-state index is 12.2. The number of aromatic amines is 1. The van der Waals surface area contributed by atoms with Gasteiger partial charge in [0, 0.05) is 5.56 Å². The molecular weight excluding hydrogens is 276 g/mol. The first-order valence-corrected chi connectivity index (χ1v) is 6.81. The number of fused-ring (bicyclic) bond motifs is 1. The Labute approximate surface area is 117 Å². The SMILES string of the molecule is O=Cc1ccc(Cn2c(=O)[nH]c3sccc3c2=O)cc1. The van der Waals surface area contributed by atoms with Gasteiger partial charge in [-0.2, -0.15) is 0 Å². The summed E-state index contributed by atoms with van der Waals surface area (Å²) in [7, 11) is 0. The smallest absolute Gasteiger partial charge is 0.298 e. The Kier molecular flexibility index (Phi) is 3.08. The second-order valence-electron chi connectivity index (χ2n) is 4.34. The molecule has 0 amide bonds. The molecule has 0 bridgehead atoms. The Morgan fingerprint density at radius 1 is 1.15 bits per heavy atom. The molecule has 0 fully saturated rings. The molecule has 0 aliphatic heterocycles. The zero-order chi connectivity index (χ0) is 14.1. The number of carbonyl (C=O) groups excluding carboxylic acids is 1. The molecule has 3 aromatic rings. The van der Waals surface area contributed by atoms with Crippen molar-refractivity contribution in [1.82, 2.24) is 9.55 Å². The van der Waals surface area contributed by atoms with Crippen molar-refractivity contribution >= 4 is 27.8 Å². The van der Waals surface area contributed by atoms with E-state index < -0.39 is 5.69 Å². The first-order chi connectivity index (χ1) is 9.69. The van der Waals surface area contributed by atoms with Gasteiger partial charge in [0.15, 0.2) is 0 Å². The minimum absolute atomic E-state index is 0.180. The van der Waals surface area contributed by atoms with Crippen molar-refractivity contribution in [2.45, 2.75) is 6.54 Å². The van der Waals surface area contributed by atoms with Crippen LogP contribution < -0.4 is 11.2 Å². The van der Waals surface area contributed by atoms with Gasteiger partial charge in [-0.15, -0.1) is 11.3 Å². The van der Waals surface area contributed by atoms with Gasteiger partial charge in [0.1, 0.15) is 11.1 Å². The third-order valence-corrected chi connectivity index (χ3v) is 3.89. The first kappa shape index (κ1) is 12.6. The molecule has 0 saturated carbocycles. The van der Waals surface area contributed by atoms with Crippen LogP contribution in [0.25, 0.3) is 10.2 Å². The van der Waals surface area contributed by atoms with Gasteiger partial charge in [0.05, 0.1) is 11.9 Å². The molecule has 0 saturated heterocycles. The van der Waals surface area contributed by atoms with Crippen molar-refractivity contribution in [3.05, 3.63) is 67.7 Å². The fourth-order valence-corrected chi connectivity index (χ4v) is 2.77. The molecule has 2 heterocycles. The molecule has 20 heavy (non-hydrogen) atoms. The zero-order valence-electron chi connectivity index (χ0n) is 10.3.